The van der Waals surface area contributed by atoms with Gasteiger partial charge in [0.05, 0.1) is 5.69 Å². The van der Waals surface area contributed by atoms with Crippen molar-refractivity contribution in [2.75, 3.05) is 0 Å². The van der Waals surface area contributed by atoms with Gasteiger partial charge in [0.15, 0.2) is 5.52 Å². The monoisotopic (exact) mass is 340 g/mol. The van der Waals surface area contributed by atoms with Crippen LogP contribution in [0.25, 0.3) is 22.5 Å². The summed E-state index contributed by atoms with van der Waals surface area (Å²) in [4.78, 5) is 17.1. The fraction of sp³-hybridized carbons (Fsp3) is 0.188. The molecule has 24 heavy (non-hydrogen) atoms. The van der Waals surface area contributed by atoms with Crippen molar-refractivity contribution < 1.29 is 0 Å². The number of aryl methyl sites for hydroxylation is 2. The Labute approximate surface area is 141 Å². The van der Waals surface area contributed by atoms with E-state index >= 15 is 0 Å². The van der Waals surface area contributed by atoms with E-state index in [-0.39, 0.29) is 11.1 Å². The Balaban J connectivity index is 2.05. The van der Waals surface area contributed by atoms with E-state index in [0.717, 1.165) is 17.7 Å². The highest BCUT2D eigenvalue weighted by Gasteiger charge is 2.14. The van der Waals surface area contributed by atoms with E-state index in [0.29, 0.717) is 22.1 Å². The lowest BCUT2D eigenvalue weighted by atomic mass is 10.1. The van der Waals surface area contributed by atoms with Gasteiger partial charge < -0.3 is 0 Å². The molecule has 0 saturated carbocycles. The average Bonchev–Trinajstić information content (AvgIpc) is 2.96. The van der Waals surface area contributed by atoms with E-state index in [1.54, 1.807) is 25.3 Å². The van der Waals surface area contributed by atoms with Crippen LogP contribution in [-0.4, -0.2) is 29.4 Å². The van der Waals surface area contributed by atoms with Gasteiger partial charge in [-0.2, -0.15) is 9.50 Å². The molecule has 7 nitrogen and oxygen atoms in total. The molecule has 0 N–H and O–H groups in total. The van der Waals surface area contributed by atoms with Crippen LogP contribution in [0.1, 0.15) is 18.3 Å². The number of hydrogen-bond donors (Lipinski definition) is 0. The smallest absolute Gasteiger partial charge is 0.282 e. The van der Waals surface area contributed by atoms with Crippen LogP contribution in [0.3, 0.4) is 0 Å². The summed E-state index contributed by atoms with van der Waals surface area (Å²) in [6.45, 7) is 3.79. The molecule has 0 saturated heterocycles. The lowest BCUT2D eigenvalue weighted by molar-refractivity contribution is 0.900. The van der Waals surface area contributed by atoms with Crippen molar-refractivity contribution in [1.82, 2.24) is 29.4 Å². The van der Waals surface area contributed by atoms with E-state index in [2.05, 4.69) is 20.3 Å². The van der Waals surface area contributed by atoms with E-state index < -0.39 is 0 Å². The highest BCUT2D eigenvalue weighted by Crippen LogP contribution is 2.20. The number of aromatic nitrogens is 6. The van der Waals surface area contributed by atoms with Crippen LogP contribution in [0.4, 0.5) is 0 Å². The van der Waals surface area contributed by atoms with Gasteiger partial charge in [-0.15, -0.1) is 15.3 Å². The molecule has 0 unspecified atom stereocenters. The Morgan fingerprint density at radius 3 is 2.83 bits per heavy atom. The van der Waals surface area contributed by atoms with Gasteiger partial charge in [0.25, 0.3) is 11.3 Å². The maximum Gasteiger partial charge on any atom is 0.285 e. The molecule has 4 aromatic rings. The number of halogens is 1. The fourth-order valence-corrected chi connectivity index (χ4v) is 2.92. The normalized spacial score (nSPS) is 11.5. The molecular weight excluding hydrogens is 328 g/mol. The molecule has 0 fully saturated rings. The molecular formula is C16H13ClN6O. The molecule has 3 heterocycles. The zero-order valence-electron chi connectivity index (χ0n) is 13.1. The lowest BCUT2D eigenvalue weighted by Gasteiger charge is -2.11. The highest BCUT2D eigenvalue weighted by atomic mass is 35.5. The quantitative estimate of drug-likeness (QED) is 0.559. The van der Waals surface area contributed by atoms with Crippen LogP contribution in [0.2, 0.25) is 5.02 Å². The van der Waals surface area contributed by atoms with Crippen molar-refractivity contribution >= 4 is 28.4 Å². The van der Waals surface area contributed by atoms with Gasteiger partial charge in [-0.3, -0.25) is 9.36 Å². The molecule has 1 aromatic carbocycles. The van der Waals surface area contributed by atoms with Crippen molar-refractivity contribution in [3.63, 3.8) is 0 Å². The van der Waals surface area contributed by atoms with Gasteiger partial charge in [-0.05, 0) is 37.1 Å². The standard InChI is InChI=1S/C16H13ClN6O/c1-3-10-4-5-11(17)8-13(10)22-7-6-12-14(15(22)24)19-20-16-18-9(2)21-23(12)16/h4-8H,3H2,1-2H3. The molecule has 8 heteroatoms. The molecule has 0 aliphatic carbocycles. The third-order valence-corrected chi connectivity index (χ3v) is 4.13. The first-order valence-electron chi connectivity index (χ1n) is 7.48. The predicted molar refractivity (Wildman–Crippen MR) is 90.8 cm³/mol. The minimum atomic E-state index is -0.271. The maximum absolute atomic E-state index is 12.9. The van der Waals surface area contributed by atoms with Crippen molar-refractivity contribution in [1.29, 1.82) is 0 Å². The Kier molecular flexibility index (Phi) is 3.31. The Morgan fingerprint density at radius 1 is 1.21 bits per heavy atom. The topological polar surface area (TPSA) is 78.0 Å². The SMILES string of the molecule is CCc1ccc(Cl)cc1-n1ccc2c(nnc3nc(C)nn32)c1=O. The summed E-state index contributed by atoms with van der Waals surface area (Å²) in [7, 11) is 0. The van der Waals surface area contributed by atoms with Crippen LogP contribution >= 0.6 is 11.6 Å². The third kappa shape index (κ3) is 2.16. The minimum absolute atomic E-state index is 0.233. The summed E-state index contributed by atoms with van der Waals surface area (Å²) >= 11 is 6.11. The Morgan fingerprint density at radius 2 is 2.04 bits per heavy atom. The van der Waals surface area contributed by atoms with Gasteiger partial charge in [-0.25, -0.2) is 0 Å². The largest absolute Gasteiger partial charge is 0.285 e. The first kappa shape index (κ1) is 14.8. The van der Waals surface area contributed by atoms with Crippen LogP contribution < -0.4 is 5.56 Å². The summed E-state index contributed by atoms with van der Waals surface area (Å²) in [6, 6.07) is 7.30. The molecule has 0 atom stereocenters. The highest BCUT2D eigenvalue weighted by molar-refractivity contribution is 6.30. The number of benzene rings is 1. The predicted octanol–water partition coefficient (Wildman–Crippen LogP) is 2.35. The average molecular weight is 341 g/mol. The van der Waals surface area contributed by atoms with E-state index in [1.165, 1.54) is 9.08 Å². The lowest BCUT2D eigenvalue weighted by Crippen LogP contribution is -2.21. The molecule has 0 aliphatic heterocycles. The van der Waals surface area contributed by atoms with Gasteiger partial charge >= 0.3 is 0 Å². The summed E-state index contributed by atoms with van der Waals surface area (Å²) < 4.78 is 3.07. The van der Waals surface area contributed by atoms with Gasteiger partial charge in [-0.1, -0.05) is 24.6 Å². The number of fused-ring (bicyclic) bond motifs is 3. The molecule has 120 valence electrons. The summed E-state index contributed by atoms with van der Waals surface area (Å²) in [6.07, 6.45) is 2.48. The maximum atomic E-state index is 12.9. The fourth-order valence-electron chi connectivity index (χ4n) is 2.76. The molecule has 0 bridgehead atoms. The summed E-state index contributed by atoms with van der Waals surface area (Å²) in [5, 5.41) is 12.9. The number of nitrogens with zero attached hydrogens (tertiary/aromatic N) is 6. The summed E-state index contributed by atoms with van der Waals surface area (Å²) in [5.74, 6) is 0.943. The van der Waals surface area contributed by atoms with Crippen LogP contribution in [0.5, 0.6) is 0 Å². The van der Waals surface area contributed by atoms with Crippen molar-refractivity contribution in [2.24, 2.45) is 0 Å². The first-order valence-corrected chi connectivity index (χ1v) is 7.86. The Bertz CT molecular complexity index is 1150. The second-order valence-electron chi connectivity index (χ2n) is 5.42. The van der Waals surface area contributed by atoms with Crippen molar-refractivity contribution in [2.45, 2.75) is 20.3 Å². The number of pyridine rings is 1. The summed E-state index contributed by atoms with van der Waals surface area (Å²) in [5.41, 5.74) is 2.30. The van der Waals surface area contributed by atoms with Gasteiger partial charge in [0, 0.05) is 11.2 Å². The van der Waals surface area contributed by atoms with Gasteiger partial charge in [0.1, 0.15) is 11.3 Å². The number of rotatable bonds is 2. The minimum Gasteiger partial charge on any atom is -0.282 e. The molecule has 3 aromatic heterocycles. The van der Waals surface area contributed by atoms with E-state index in [4.69, 9.17) is 11.6 Å². The molecule has 0 amide bonds. The van der Waals surface area contributed by atoms with Crippen LogP contribution in [-0.2, 0) is 6.42 Å². The zero-order valence-corrected chi connectivity index (χ0v) is 13.8. The van der Waals surface area contributed by atoms with E-state index in [9.17, 15) is 4.79 Å². The third-order valence-electron chi connectivity index (χ3n) is 3.90. The second kappa shape index (κ2) is 5.38. The van der Waals surface area contributed by atoms with Crippen molar-refractivity contribution in [3.05, 3.63) is 57.2 Å². The molecule has 0 aliphatic rings. The second-order valence-corrected chi connectivity index (χ2v) is 5.86. The number of hydrogen-bond acceptors (Lipinski definition) is 5. The molecule has 4 rings (SSSR count). The van der Waals surface area contributed by atoms with Crippen LogP contribution in [0, 0.1) is 6.92 Å². The molecule has 0 radical (unpaired) electrons. The van der Waals surface area contributed by atoms with E-state index in [1.807, 2.05) is 19.1 Å². The first-order chi connectivity index (χ1) is 11.6. The van der Waals surface area contributed by atoms with Gasteiger partial charge in [0.2, 0.25) is 0 Å². The molecule has 0 spiro atoms. The Hall–Kier alpha value is -2.80. The van der Waals surface area contributed by atoms with Crippen molar-refractivity contribution in [3.8, 4) is 5.69 Å². The van der Waals surface area contributed by atoms with Crippen LogP contribution in [0.15, 0.2) is 35.3 Å². The zero-order chi connectivity index (χ0) is 16.8.